The van der Waals surface area contributed by atoms with Crippen molar-refractivity contribution in [3.8, 4) is 0 Å². The van der Waals surface area contributed by atoms with Crippen LogP contribution in [0.4, 0.5) is 5.88 Å². The third kappa shape index (κ3) is 2.20. The van der Waals surface area contributed by atoms with Crippen LogP contribution < -0.4 is 10.00 Å². The second-order valence-electron chi connectivity index (χ2n) is 2.10. The summed E-state index contributed by atoms with van der Waals surface area (Å²) in [5.74, 6) is -0.0918. The van der Waals surface area contributed by atoms with Crippen molar-refractivity contribution in [1.82, 2.24) is 5.27 Å². The van der Waals surface area contributed by atoms with Crippen molar-refractivity contribution in [1.29, 1.82) is 0 Å². The summed E-state index contributed by atoms with van der Waals surface area (Å²) in [6, 6.07) is 0. The van der Waals surface area contributed by atoms with Crippen molar-refractivity contribution in [2.75, 3.05) is 11.2 Å². The molecule has 0 spiro atoms. The molecule has 0 aliphatic heterocycles. The number of rotatable bonds is 3. The van der Waals surface area contributed by atoms with E-state index in [0.717, 1.165) is 0 Å². The predicted molar refractivity (Wildman–Crippen MR) is 41.7 cm³/mol. The predicted octanol–water partition coefficient (Wildman–Crippen LogP) is 0.159. The van der Waals surface area contributed by atoms with Crippen LogP contribution in [0.5, 0.6) is 0 Å². The Kier molecular flexibility index (Phi) is 3.04. The van der Waals surface area contributed by atoms with E-state index in [4.69, 9.17) is 16.1 Å². The topological polar surface area (TPSA) is 59.0 Å². The van der Waals surface area contributed by atoms with Gasteiger partial charge < -0.3 is 0 Å². The molecule has 1 aromatic heterocycles. The number of anilines is 1. The molecule has 0 aliphatic rings. The van der Waals surface area contributed by atoms with E-state index < -0.39 is 0 Å². The van der Waals surface area contributed by atoms with Gasteiger partial charge in [-0.3, -0.25) is 14.6 Å². The maximum Gasteiger partial charge on any atom is 0.302 e. The van der Waals surface area contributed by atoms with Crippen LogP contribution in [0.3, 0.4) is 0 Å². The fourth-order valence-corrected chi connectivity index (χ4v) is 0.721. The van der Waals surface area contributed by atoms with Gasteiger partial charge in [-0.25, -0.2) is 0 Å². The second-order valence-corrected chi connectivity index (χ2v) is 2.37. The molecule has 1 amide bonds. The molecule has 0 aromatic carbocycles. The summed E-state index contributed by atoms with van der Waals surface area (Å²) in [6.07, 6.45) is 1.59. The third-order valence-electron chi connectivity index (χ3n) is 1.22. The van der Waals surface area contributed by atoms with Gasteiger partial charge in [-0.15, -0.1) is 11.6 Å². The SMILES string of the molecule is CC[n+]1cc(NC(=O)CCl)on1. The van der Waals surface area contributed by atoms with E-state index in [1.54, 1.807) is 10.9 Å². The first-order valence-electron chi connectivity index (χ1n) is 3.48. The first-order valence-corrected chi connectivity index (χ1v) is 4.02. The number of nitrogens with zero attached hydrogens (tertiary/aromatic N) is 2. The second kappa shape index (κ2) is 4.06. The minimum atomic E-state index is -0.309. The average molecular weight is 191 g/mol. The molecular formula is C6H9ClN3O2+. The molecule has 0 radical (unpaired) electrons. The van der Waals surface area contributed by atoms with Crippen molar-refractivity contribution in [3.05, 3.63) is 6.20 Å². The Morgan fingerprint density at radius 2 is 2.67 bits per heavy atom. The van der Waals surface area contributed by atoms with Gasteiger partial charge in [-0.2, -0.15) is 0 Å². The molecule has 1 heterocycles. The number of aryl methyl sites for hydroxylation is 1. The minimum Gasteiger partial charge on any atom is -0.288 e. The number of halogens is 1. The molecular weight excluding hydrogens is 182 g/mol. The summed E-state index contributed by atoms with van der Waals surface area (Å²) in [6.45, 7) is 2.61. The number of nitrogens with one attached hydrogen (secondary N) is 1. The number of carbonyl (C=O) groups is 1. The van der Waals surface area contributed by atoms with Crippen molar-refractivity contribution < 1.29 is 14.0 Å². The smallest absolute Gasteiger partial charge is 0.288 e. The van der Waals surface area contributed by atoms with Crippen LogP contribution in [0.25, 0.3) is 0 Å². The van der Waals surface area contributed by atoms with Crippen LogP contribution in [0.2, 0.25) is 0 Å². The van der Waals surface area contributed by atoms with Gasteiger partial charge in [0.1, 0.15) is 5.88 Å². The van der Waals surface area contributed by atoms with Gasteiger partial charge in [0.15, 0.2) is 6.54 Å². The highest BCUT2D eigenvalue weighted by atomic mass is 35.5. The van der Waals surface area contributed by atoms with Crippen molar-refractivity contribution in [3.63, 3.8) is 0 Å². The zero-order valence-electron chi connectivity index (χ0n) is 6.58. The Hall–Kier alpha value is -1.10. The molecule has 0 atom stereocenters. The Morgan fingerprint density at radius 1 is 1.92 bits per heavy atom. The monoisotopic (exact) mass is 190 g/mol. The molecule has 12 heavy (non-hydrogen) atoms. The lowest BCUT2D eigenvalue weighted by atomic mass is 10.6. The standard InChI is InChI=1S/C6H8ClN3O2/c1-2-10-4-6(12-9-10)8-5(11)3-7/h4H,2-3H2,1H3/p+1. The molecule has 66 valence electrons. The summed E-state index contributed by atoms with van der Waals surface area (Å²) in [7, 11) is 0. The quantitative estimate of drug-likeness (QED) is 0.546. The van der Waals surface area contributed by atoms with Crippen LogP contribution in [0.15, 0.2) is 10.7 Å². The molecule has 0 bridgehead atoms. The fraction of sp³-hybridized carbons (Fsp3) is 0.500. The number of aromatic nitrogens is 2. The Balaban J connectivity index is 2.58. The molecule has 0 saturated carbocycles. The molecule has 5 nitrogen and oxygen atoms in total. The van der Waals surface area contributed by atoms with E-state index in [-0.39, 0.29) is 11.8 Å². The Labute approximate surface area is 74.3 Å². The van der Waals surface area contributed by atoms with Crippen LogP contribution in [-0.4, -0.2) is 17.1 Å². The molecule has 1 aromatic rings. The normalized spacial score (nSPS) is 9.83. The zero-order valence-corrected chi connectivity index (χ0v) is 7.34. The number of amides is 1. The largest absolute Gasteiger partial charge is 0.302 e. The summed E-state index contributed by atoms with van der Waals surface area (Å²) >= 11 is 5.26. The van der Waals surface area contributed by atoms with E-state index in [0.29, 0.717) is 12.4 Å². The molecule has 1 N–H and O–H groups in total. The average Bonchev–Trinajstić information content (AvgIpc) is 2.52. The van der Waals surface area contributed by atoms with E-state index in [2.05, 4.69) is 10.6 Å². The number of hydrogen-bond acceptors (Lipinski definition) is 3. The van der Waals surface area contributed by atoms with Gasteiger partial charge in [-0.1, -0.05) is 4.68 Å². The van der Waals surface area contributed by atoms with Crippen molar-refractivity contribution in [2.24, 2.45) is 0 Å². The summed E-state index contributed by atoms with van der Waals surface area (Å²) in [5, 5.41) is 6.03. The lowest BCUT2D eigenvalue weighted by Crippen LogP contribution is -2.32. The summed E-state index contributed by atoms with van der Waals surface area (Å²) in [4.78, 5) is 10.7. The van der Waals surface area contributed by atoms with Crippen LogP contribution >= 0.6 is 11.6 Å². The Bertz CT molecular complexity index is 274. The van der Waals surface area contributed by atoms with Gasteiger partial charge >= 0.3 is 5.88 Å². The van der Waals surface area contributed by atoms with Gasteiger partial charge in [-0.05, 0) is 6.92 Å². The fourth-order valence-electron chi connectivity index (χ4n) is 0.654. The minimum absolute atomic E-state index is 0.0905. The zero-order chi connectivity index (χ0) is 8.97. The molecule has 0 saturated heterocycles. The van der Waals surface area contributed by atoms with Crippen LogP contribution in [0, 0.1) is 0 Å². The maximum absolute atomic E-state index is 10.7. The van der Waals surface area contributed by atoms with Gasteiger partial charge in [0, 0.05) is 0 Å². The first-order chi connectivity index (χ1) is 5.76. The molecule has 1 rings (SSSR count). The number of hydrogen-bond donors (Lipinski definition) is 1. The van der Waals surface area contributed by atoms with E-state index in [9.17, 15) is 4.79 Å². The van der Waals surface area contributed by atoms with Gasteiger partial charge in [0.25, 0.3) is 6.20 Å². The molecule has 6 heteroatoms. The lowest BCUT2D eigenvalue weighted by Gasteiger charge is -1.90. The lowest BCUT2D eigenvalue weighted by molar-refractivity contribution is -0.759. The molecule has 0 fully saturated rings. The van der Waals surface area contributed by atoms with Gasteiger partial charge in [0.05, 0.1) is 0 Å². The highest BCUT2D eigenvalue weighted by Crippen LogP contribution is 1.99. The van der Waals surface area contributed by atoms with Crippen molar-refractivity contribution >= 4 is 23.4 Å². The van der Waals surface area contributed by atoms with E-state index in [1.165, 1.54) is 0 Å². The molecule has 0 aliphatic carbocycles. The summed E-state index contributed by atoms with van der Waals surface area (Å²) < 4.78 is 6.31. The highest BCUT2D eigenvalue weighted by Gasteiger charge is 2.10. The van der Waals surface area contributed by atoms with Gasteiger partial charge in [0.2, 0.25) is 11.2 Å². The number of alkyl halides is 1. The highest BCUT2D eigenvalue weighted by molar-refractivity contribution is 6.28. The Morgan fingerprint density at radius 3 is 3.17 bits per heavy atom. The third-order valence-corrected chi connectivity index (χ3v) is 1.46. The van der Waals surface area contributed by atoms with E-state index >= 15 is 0 Å². The van der Waals surface area contributed by atoms with Crippen LogP contribution in [-0.2, 0) is 11.3 Å². The maximum atomic E-state index is 10.7. The molecule has 0 unspecified atom stereocenters. The van der Waals surface area contributed by atoms with Crippen LogP contribution in [0.1, 0.15) is 6.92 Å². The van der Waals surface area contributed by atoms with E-state index in [1.807, 2.05) is 6.92 Å². The first kappa shape index (κ1) is 8.99. The number of carbonyl (C=O) groups excluding carboxylic acids is 1. The van der Waals surface area contributed by atoms with Crippen molar-refractivity contribution in [2.45, 2.75) is 13.5 Å². The summed E-state index contributed by atoms with van der Waals surface area (Å²) in [5.41, 5.74) is 0.